The minimum Gasteiger partial charge on any atom is -0.396 e. The summed E-state index contributed by atoms with van der Waals surface area (Å²) in [4.78, 5) is 14.1. The van der Waals surface area contributed by atoms with Gasteiger partial charge in [0.15, 0.2) is 0 Å². The number of nitro benzene ring substituents is 1. The Bertz CT molecular complexity index is 693. The van der Waals surface area contributed by atoms with E-state index in [1.807, 2.05) is 0 Å². The molecule has 0 saturated heterocycles. The summed E-state index contributed by atoms with van der Waals surface area (Å²) in [5, 5.41) is 11.0. The second-order valence-electron chi connectivity index (χ2n) is 3.92. The van der Waals surface area contributed by atoms with Gasteiger partial charge in [0, 0.05) is 17.8 Å². The van der Waals surface area contributed by atoms with E-state index in [1.54, 1.807) is 6.07 Å². The van der Waals surface area contributed by atoms with E-state index in [-0.39, 0.29) is 27.7 Å². The van der Waals surface area contributed by atoms with Gasteiger partial charge in [0.1, 0.15) is 10.8 Å². The number of nitro groups is 1. The second kappa shape index (κ2) is 5.74. The molecule has 0 aliphatic carbocycles. The first kappa shape index (κ1) is 14.1. The van der Waals surface area contributed by atoms with Gasteiger partial charge in [-0.2, -0.15) is 0 Å². The summed E-state index contributed by atoms with van der Waals surface area (Å²) in [5.74, 6) is -0.855. The minimum absolute atomic E-state index is 0.0402. The molecule has 0 bridgehead atoms. The number of benzene rings is 1. The quantitative estimate of drug-likeness (QED) is 0.687. The van der Waals surface area contributed by atoms with E-state index in [4.69, 9.17) is 5.73 Å². The van der Waals surface area contributed by atoms with E-state index < -0.39 is 21.5 Å². The van der Waals surface area contributed by atoms with Crippen LogP contribution < -0.4 is 5.73 Å². The van der Waals surface area contributed by atoms with Crippen LogP contribution in [0.4, 0.5) is 15.8 Å². The molecule has 0 aliphatic heterocycles. The molecule has 0 amide bonds. The van der Waals surface area contributed by atoms with Crippen molar-refractivity contribution >= 4 is 22.2 Å². The van der Waals surface area contributed by atoms with Crippen LogP contribution in [0.3, 0.4) is 0 Å². The lowest BCUT2D eigenvalue weighted by molar-refractivity contribution is -0.385. The predicted octanol–water partition coefficient (Wildman–Crippen LogP) is 2.02. The molecule has 0 saturated carbocycles. The Morgan fingerprint density at radius 1 is 1.40 bits per heavy atom. The molecule has 0 aliphatic rings. The van der Waals surface area contributed by atoms with Gasteiger partial charge in [-0.15, -0.1) is 0 Å². The average molecular weight is 295 g/mol. The smallest absolute Gasteiger partial charge is 0.273 e. The molecule has 2 rings (SSSR count). The zero-order chi connectivity index (χ0) is 14.7. The zero-order valence-electron chi connectivity index (χ0n) is 10.2. The van der Waals surface area contributed by atoms with Crippen molar-refractivity contribution in [2.24, 2.45) is 0 Å². The molecule has 2 aromatic rings. The molecule has 0 fully saturated rings. The Labute approximate surface area is 116 Å². The van der Waals surface area contributed by atoms with Gasteiger partial charge in [0.2, 0.25) is 0 Å². The maximum atomic E-state index is 13.2. The summed E-state index contributed by atoms with van der Waals surface area (Å²) in [7, 11) is -1.69. The number of nitrogen functional groups attached to an aromatic ring is 1. The highest BCUT2D eigenvalue weighted by Crippen LogP contribution is 2.24. The molecule has 1 heterocycles. The number of rotatable bonds is 4. The molecule has 6 nitrogen and oxygen atoms in total. The van der Waals surface area contributed by atoms with Crippen molar-refractivity contribution in [3.63, 3.8) is 0 Å². The number of aromatic nitrogens is 1. The summed E-state index contributed by atoms with van der Waals surface area (Å²) >= 11 is 0. The van der Waals surface area contributed by atoms with Crippen LogP contribution in [-0.4, -0.2) is 14.1 Å². The van der Waals surface area contributed by atoms with Gasteiger partial charge in [-0.25, -0.2) is 9.37 Å². The van der Waals surface area contributed by atoms with Gasteiger partial charge in [-0.1, -0.05) is 0 Å². The number of hydrogen-bond donors (Lipinski definition) is 1. The summed E-state index contributed by atoms with van der Waals surface area (Å²) in [5.41, 5.74) is 5.62. The van der Waals surface area contributed by atoms with Crippen molar-refractivity contribution in [2.45, 2.75) is 10.8 Å². The second-order valence-corrected chi connectivity index (χ2v) is 5.28. The summed E-state index contributed by atoms with van der Waals surface area (Å²) < 4.78 is 25.3. The third-order valence-electron chi connectivity index (χ3n) is 2.54. The third kappa shape index (κ3) is 2.97. The van der Waals surface area contributed by atoms with Crippen molar-refractivity contribution in [3.05, 3.63) is 58.0 Å². The van der Waals surface area contributed by atoms with Crippen LogP contribution in [0.15, 0.2) is 41.6 Å². The Hall–Kier alpha value is -2.35. The van der Waals surface area contributed by atoms with Gasteiger partial charge in [0.25, 0.3) is 5.69 Å². The Balaban J connectivity index is 2.35. The molecular formula is C12H10FN3O3S. The highest BCUT2D eigenvalue weighted by Gasteiger charge is 2.19. The average Bonchev–Trinajstić information content (AvgIpc) is 2.38. The van der Waals surface area contributed by atoms with Crippen LogP contribution in [-0.2, 0) is 16.6 Å². The molecule has 20 heavy (non-hydrogen) atoms. The van der Waals surface area contributed by atoms with Crippen molar-refractivity contribution in [3.8, 4) is 0 Å². The SMILES string of the molecule is Nc1cccnc1S(=O)Cc1cc(F)ccc1[N+](=O)[O-]. The fourth-order valence-corrected chi connectivity index (χ4v) is 2.81. The van der Waals surface area contributed by atoms with Crippen molar-refractivity contribution in [2.75, 3.05) is 5.73 Å². The van der Waals surface area contributed by atoms with Crippen LogP contribution in [0.25, 0.3) is 0 Å². The van der Waals surface area contributed by atoms with E-state index in [2.05, 4.69) is 4.98 Å². The number of anilines is 1. The summed E-state index contributed by atoms with van der Waals surface area (Å²) in [6.07, 6.45) is 1.42. The van der Waals surface area contributed by atoms with Crippen molar-refractivity contribution in [1.29, 1.82) is 0 Å². The van der Waals surface area contributed by atoms with Crippen LogP contribution in [0.2, 0.25) is 0 Å². The third-order valence-corrected chi connectivity index (χ3v) is 3.89. The Morgan fingerprint density at radius 2 is 2.15 bits per heavy atom. The fraction of sp³-hybridized carbons (Fsp3) is 0.0833. The largest absolute Gasteiger partial charge is 0.396 e. The first-order valence-corrected chi connectivity index (χ1v) is 6.82. The molecule has 0 spiro atoms. The standard InChI is InChI=1S/C12H10FN3O3S/c13-9-3-4-11(16(17)18)8(6-9)7-20(19)12-10(14)2-1-5-15-12/h1-6H,7,14H2. The number of nitrogens with two attached hydrogens (primary N) is 1. The first-order chi connectivity index (χ1) is 9.49. The number of halogens is 1. The normalized spacial score (nSPS) is 12.1. The minimum atomic E-state index is -1.69. The highest BCUT2D eigenvalue weighted by atomic mass is 32.2. The molecule has 2 N–H and O–H groups in total. The van der Waals surface area contributed by atoms with Crippen molar-refractivity contribution in [1.82, 2.24) is 4.98 Å². The zero-order valence-corrected chi connectivity index (χ0v) is 11.0. The topological polar surface area (TPSA) is 99.1 Å². The predicted molar refractivity (Wildman–Crippen MR) is 71.8 cm³/mol. The monoisotopic (exact) mass is 295 g/mol. The molecule has 1 aromatic heterocycles. The van der Waals surface area contributed by atoms with Crippen LogP contribution in [0.5, 0.6) is 0 Å². The maximum Gasteiger partial charge on any atom is 0.273 e. The molecule has 8 heteroatoms. The van der Waals surface area contributed by atoms with Gasteiger partial charge in [-0.05, 0) is 24.3 Å². The Kier molecular flexibility index (Phi) is 4.04. The molecule has 1 unspecified atom stereocenters. The number of hydrogen-bond acceptors (Lipinski definition) is 5. The van der Waals surface area contributed by atoms with Gasteiger partial charge < -0.3 is 5.73 Å². The van der Waals surface area contributed by atoms with Crippen LogP contribution in [0.1, 0.15) is 5.56 Å². The summed E-state index contributed by atoms with van der Waals surface area (Å²) in [6.45, 7) is 0. The van der Waals surface area contributed by atoms with Crippen LogP contribution >= 0.6 is 0 Å². The number of nitrogens with zero attached hydrogens (tertiary/aromatic N) is 2. The van der Waals surface area contributed by atoms with E-state index in [0.717, 1.165) is 18.2 Å². The fourth-order valence-electron chi connectivity index (χ4n) is 1.65. The van der Waals surface area contributed by atoms with Crippen molar-refractivity contribution < 1.29 is 13.5 Å². The van der Waals surface area contributed by atoms with E-state index in [1.165, 1.54) is 12.3 Å². The van der Waals surface area contributed by atoms with Gasteiger partial charge in [0.05, 0.1) is 27.2 Å². The van der Waals surface area contributed by atoms with E-state index in [9.17, 15) is 18.7 Å². The lowest BCUT2D eigenvalue weighted by atomic mass is 10.2. The lowest BCUT2D eigenvalue weighted by Crippen LogP contribution is -2.05. The van der Waals surface area contributed by atoms with Gasteiger partial charge in [-0.3, -0.25) is 14.3 Å². The Morgan fingerprint density at radius 3 is 2.80 bits per heavy atom. The summed E-state index contributed by atoms with van der Waals surface area (Å²) in [6, 6.07) is 6.14. The molecule has 104 valence electrons. The lowest BCUT2D eigenvalue weighted by Gasteiger charge is -2.05. The van der Waals surface area contributed by atoms with E-state index >= 15 is 0 Å². The molecule has 1 atom stereocenters. The molecule has 1 aromatic carbocycles. The highest BCUT2D eigenvalue weighted by molar-refractivity contribution is 7.84. The maximum absolute atomic E-state index is 13.2. The molecular weight excluding hydrogens is 285 g/mol. The molecule has 0 radical (unpaired) electrons. The van der Waals surface area contributed by atoms with Gasteiger partial charge >= 0.3 is 0 Å². The first-order valence-electron chi connectivity index (χ1n) is 5.50. The van der Waals surface area contributed by atoms with Crippen LogP contribution in [0, 0.1) is 15.9 Å². The van der Waals surface area contributed by atoms with E-state index in [0.29, 0.717) is 0 Å². The number of pyridine rings is 1.